The van der Waals surface area contributed by atoms with Crippen molar-refractivity contribution in [1.82, 2.24) is 10.2 Å². The number of hydrogen-bond donors (Lipinski definition) is 1. The molecule has 0 radical (unpaired) electrons. The van der Waals surface area contributed by atoms with Crippen LogP contribution in [-0.4, -0.2) is 36.0 Å². The molecule has 1 aliphatic rings. The lowest BCUT2D eigenvalue weighted by atomic mass is 10.0. The average Bonchev–Trinajstić information content (AvgIpc) is 3.26. The van der Waals surface area contributed by atoms with Gasteiger partial charge in [-0.2, -0.15) is 0 Å². The lowest BCUT2D eigenvalue weighted by molar-refractivity contribution is 0.0701. The number of hydrogen-bond acceptors (Lipinski definition) is 4. The molecule has 3 rings (SSSR count). The van der Waals surface area contributed by atoms with E-state index in [2.05, 4.69) is 12.2 Å². The Morgan fingerprint density at radius 1 is 1.35 bits per heavy atom. The maximum Gasteiger partial charge on any atom is 0.257 e. The number of carbonyl (C=O) groups is 1. The fraction of sp³-hybridized carbons (Fsp3) is 0.500. The van der Waals surface area contributed by atoms with Crippen LogP contribution >= 0.6 is 0 Å². The third-order valence-electron chi connectivity index (χ3n) is 4.47. The Balaban J connectivity index is 1.39. The molecule has 0 spiro atoms. The first-order valence-corrected chi connectivity index (χ1v) is 8.32. The number of furan rings is 2. The zero-order valence-corrected chi connectivity index (χ0v) is 13.5. The second-order valence-electron chi connectivity index (χ2n) is 6.26. The van der Waals surface area contributed by atoms with Gasteiger partial charge in [0.05, 0.1) is 18.1 Å². The number of carbonyl (C=O) groups excluding carboxylic acids is 1. The third-order valence-corrected chi connectivity index (χ3v) is 4.47. The minimum absolute atomic E-state index is 0.0723. The Morgan fingerprint density at radius 3 is 2.83 bits per heavy atom. The van der Waals surface area contributed by atoms with Gasteiger partial charge in [-0.3, -0.25) is 4.79 Å². The van der Waals surface area contributed by atoms with Gasteiger partial charge < -0.3 is 19.1 Å². The van der Waals surface area contributed by atoms with Gasteiger partial charge in [-0.15, -0.1) is 0 Å². The van der Waals surface area contributed by atoms with Crippen molar-refractivity contribution < 1.29 is 13.6 Å². The topological polar surface area (TPSA) is 58.6 Å². The second-order valence-corrected chi connectivity index (χ2v) is 6.26. The Bertz CT molecular complexity index is 584. The summed E-state index contributed by atoms with van der Waals surface area (Å²) in [6.07, 6.45) is 8.79. The summed E-state index contributed by atoms with van der Waals surface area (Å²) in [5.41, 5.74) is 0.642. The van der Waals surface area contributed by atoms with Gasteiger partial charge in [-0.25, -0.2) is 0 Å². The van der Waals surface area contributed by atoms with E-state index in [0.29, 0.717) is 17.6 Å². The zero-order valence-electron chi connectivity index (χ0n) is 13.5. The summed E-state index contributed by atoms with van der Waals surface area (Å²) in [4.78, 5) is 14.2. The molecule has 1 atom stereocenters. The van der Waals surface area contributed by atoms with E-state index in [1.54, 1.807) is 18.6 Å². The minimum atomic E-state index is 0.0723. The van der Waals surface area contributed by atoms with Crippen molar-refractivity contribution in [2.45, 2.75) is 44.7 Å². The van der Waals surface area contributed by atoms with E-state index in [4.69, 9.17) is 8.83 Å². The molecule has 0 bridgehead atoms. The molecule has 1 aliphatic heterocycles. The van der Waals surface area contributed by atoms with Crippen molar-refractivity contribution in [2.75, 3.05) is 13.1 Å². The number of nitrogens with one attached hydrogen (secondary N) is 1. The third kappa shape index (κ3) is 4.26. The molecule has 23 heavy (non-hydrogen) atoms. The van der Waals surface area contributed by atoms with Crippen LogP contribution < -0.4 is 5.32 Å². The summed E-state index contributed by atoms with van der Waals surface area (Å²) in [5, 5.41) is 3.68. The molecule has 1 amide bonds. The Hall–Kier alpha value is -2.01. The summed E-state index contributed by atoms with van der Waals surface area (Å²) in [6.45, 7) is 3.81. The molecule has 5 nitrogen and oxygen atoms in total. The van der Waals surface area contributed by atoms with Gasteiger partial charge >= 0.3 is 0 Å². The van der Waals surface area contributed by atoms with Gasteiger partial charge in [0.25, 0.3) is 5.91 Å². The molecule has 2 aromatic rings. The maximum atomic E-state index is 12.3. The zero-order chi connectivity index (χ0) is 16.1. The minimum Gasteiger partial charge on any atom is -0.472 e. The van der Waals surface area contributed by atoms with Crippen molar-refractivity contribution in [3.05, 3.63) is 48.3 Å². The summed E-state index contributed by atoms with van der Waals surface area (Å²) >= 11 is 0. The van der Waals surface area contributed by atoms with Crippen LogP contribution in [0.1, 0.15) is 42.3 Å². The van der Waals surface area contributed by atoms with Crippen LogP contribution in [0, 0.1) is 0 Å². The fourth-order valence-corrected chi connectivity index (χ4v) is 3.12. The summed E-state index contributed by atoms with van der Waals surface area (Å²) in [6, 6.07) is 6.60. The Morgan fingerprint density at radius 2 is 2.17 bits per heavy atom. The van der Waals surface area contributed by atoms with Crippen molar-refractivity contribution in [3.63, 3.8) is 0 Å². The second kappa shape index (κ2) is 7.51. The molecule has 3 heterocycles. The predicted octanol–water partition coefficient (Wildman–Crippen LogP) is 3.09. The van der Waals surface area contributed by atoms with E-state index in [-0.39, 0.29) is 5.91 Å². The average molecular weight is 316 g/mol. The molecular weight excluding hydrogens is 292 g/mol. The highest BCUT2D eigenvalue weighted by Gasteiger charge is 2.24. The quantitative estimate of drug-likeness (QED) is 0.890. The van der Waals surface area contributed by atoms with Crippen molar-refractivity contribution >= 4 is 5.91 Å². The SMILES string of the molecule is C[C@H](CCc1ccco1)NC1CCN(C(=O)c2ccoc2)CC1. The van der Waals surface area contributed by atoms with Crippen molar-refractivity contribution in [1.29, 1.82) is 0 Å². The molecule has 1 N–H and O–H groups in total. The molecule has 2 aromatic heterocycles. The summed E-state index contributed by atoms with van der Waals surface area (Å²) in [5.74, 6) is 1.11. The van der Waals surface area contributed by atoms with Crippen LogP contribution in [0.25, 0.3) is 0 Å². The molecule has 124 valence electrons. The van der Waals surface area contributed by atoms with Crippen LogP contribution in [-0.2, 0) is 6.42 Å². The highest BCUT2D eigenvalue weighted by atomic mass is 16.3. The van der Waals surface area contributed by atoms with Gasteiger partial charge in [-0.05, 0) is 44.4 Å². The molecule has 1 fully saturated rings. The maximum absolute atomic E-state index is 12.3. The van der Waals surface area contributed by atoms with E-state index in [1.807, 2.05) is 17.0 Å². The molecule has 1 saturated heterocycles. The first-order valence-electron chi connectivity index (χ1n) is 8.32. The highest BCUT2D eigenvalue weighted by Crippen LogP contribution is 2.15. The molecule has 0 unspecified atom stereocenters. The van der Waals surface area contributed by atoms with Crippen LogP contribution in [0.2, 0.25) is 0 Å². The van der Waals surface area contributed by atoms with Crippen LogP contribution in [0.15, 0.2) is 45.8 Å². The normalized spacial score (nSPS) is 17.3. The number of likely N-dealkylation sites (tertiary alicyclic amines) is 1. The van der Waals surface area contributed by atoms with Crippen molar-refractivity contribution in [2.24, 2.45) is 0 Å². The van der Waals surface area contributed by atoms with E-state index >= 15 is 0 Å². The summed E-state index contributed by atoms with van der Waals surface area (Å²) in [7, 11) is 0. The largest absolute Gasteiger partial charge is 0.472 e. The molecular formula is C18H24N2O3. The molecule has 0 saturated carbocycles. The van der Waals surface area contributed by atoms with Crippen molar-refractivity contribution in [3.8, 4) is 0 Å². The van der Waals surface area contributed by atoms with Crippen LogP contribution in [0.3, 0.4) is 0 Å². The standard InChI is InChI=1S/C18H24N2O3/c1-14(4-5-17-3-2-11-23-17)19-16-6-9-20(10-7-16)18(21)15-8-12-22-13-15/h2-3,8,11-14,16,19H,4-7,9-10H2,1H3/t14-/m1/s1. The van der Waals surface area contributed by atoms with Gasteiger partial charge in [0.2, 0.25) is 0 Å². The number of amides is 1. The lowest BCUT2D eigenvalue weighted by Gasteiger charge is -2.33. The highest BCUT2D eigenvalue weighted by molar-refractivity contribution is 5.93. The number of piperidine rings is 1. The summed E-state index contributed by atoms with van der Waals surface area (Å²) < 4.78 is 10.4. The lowest BCUT2D eigenvalue weighted by Crippen LogP contribution is -2.47. The Kier molecular flexibility index (Phi) is 5.18. The van der Waals surface area contributed by atoms with Gasteiger partial charge in [0, 0.05) is 31.6 Å². The van der Waals surface area contributed by atoms with E-state index in [0.717, 1.165) is 44.5 Å². The Labute approximate surface area is 136 Å². The monoisotopic (exact) mass is 316 g/mol. The number of aryl methyl sites for hydroxylation is 1. The van der Waals surface area contributed by atoms with Crippen LogP contribution in [0.4, 0.5) is 0 Å². The first-order chi connectivity index (χ1) is 11.2. The molecule has 5 heteroatoms. The first kappa shape index (κ1) is 15.9. The van der Waals surface area contributed by atoms with Gasteiger partial charge in [-0.1, -0.05) is 0 Å². The van der Waals surface area contributed by atoms with E-state index in [9.17, 15) is 4.79 Å². The smallest absolute Gasteiger partial charge is 0.257 e. The van der Waals surface area contributed by atoms with Gasteiger partial charge in [0.15, 0.2) is 0 Å². The molecule has 0 aromatic carbocycles. The number of rotatable bonds is 6. The van der Waals surface area contributed by atoms with E-state index < -0.39 is 0 Å². The number of nitrogens with zero attached hydrogens (tertiary/aromatic N) is 1. The van der Waals surface area contributed by atoms with E-state index in [1.165, 1.54) is 6.26 Å². The fourth-order valence-electron chi connectivity index (χ4n) is 3.12. The van der Waals surface area contributed by atoms with Gasteiger partial charge in [0.1, 0.15) is 12.0 Å². The molecule has 0 aliphatic carbocycles. The predicted molar refractivity (Wildman–Crippen MR) is 87.3 cm³/mol. The van der Waals surface area contributed by atoms with Crippen LogP contribution in [0.5, 0.6) is 0 Å².